The Hall–Kier alpha value is -2.68. The van der Waals surface area contributed by atoms with Gasteiger partial charge in [-0.05, 0) is 41.8 Å². The van der Waals surface area contributed by atoms with Gasteiger partial charge in [0, 0.05) is 23.2 Å². The highest BCUT2D eigenvalue weighted by Crippen LogP contribution is 2.38. The molecular weight excluding hydrogens is 262 g/mol. The first-order valence-electron chi connectivity index (χ1n) is 7.07. The van der Waals surface area contributed by atoms with E-state index >= 15 is 0 Å². The van der Waals surface area contributed by atoms with Crippen LogP contribution in [0.1, 0.15) is 12.5 Å². The van der Waals surface area contributed by atoms with E-state index in [-0.39, 0.29) is 5.75 Å². The fourth-order valence-corrected chi connectivity index (χ4v) is 3.24. The van der Waals surface area contributed by atoms with E-state index in [0.717, 1.165) is 28.5 Å². The van der Waals surface area contributed by atoms with Crippen molar-refractivity contribution in [2.75, 3.05) is 0 Å². The Bertz CT molecular complexity index is 935. The Labute approximate surface area is 122 Å². The van der Waals surface area contributed by atoms with Crippen LogP contribution in [0.2, 0.25) is 0 Å². The number of hydrogen-bond donors (Lipinski definition) is 2. The molecule has 21 heavy (non-hydrogen) atoms. The predicted molar refractivity (Wildman–Crippen MR) is 84.2 cm³/mol. The lowest BCUT2D eigenvalue weighted by atomic mass is 10.00. The molecule has 0 bridgehead atoms. The fraction of sp³-hybridized carbons (Fsp3) is 0.111. The molecule has 0 saturated carbocycles. The van der Waals surface area contributed by atoms with Gasteiger partial charge in [0.2, 0.25) is 0 Å². The summed E-state index contributed by atoms with van der Waals surface area (Å²) >= 11 is 0. The van der Waals surface area contributed by atoms with E-state index in [1.165, 1.54) is 11.1 Å². The summed E-state index contributed by atoms with van der Waals surface area (Å²) < 4.78 is 2.18. The van der Waals surface area contributed by atoms with Crippen LogP contribution in [0.5, 0.6) is 11.5 Å². The third-order valence-electron chi connectivity index (χ3n) is 4.11. The van der Waals surface area contributed by atoms with Gasteiger partial charge in [-0.3, -0.25) is 0 Å². The first-order chi connectivity index (χ1) is 10.2. The van der Waals surface area contributed by atoms with Gasteiger partial charge < -0.3 is 14.6 Å². The first-order valence-corrected chi connectivity index (χ1v) is 7.07. The smallest absolute Gasteiger partial charge is 0.119 e. The SMILES string of the molecule is CCc1c(-c2ccc(O)cc2)c2ccc3cc(O)cc1n32. The second kappa shape index (κ2) is 4.16. The minimum Gasteiger partial charge on any atom is -0.508 e. The van der Waals surface area contributed by atoms with Crippen molar-refractivity contribution in [3.63, 3.8) is 0 Å². The summed E-state index contributed by atoms with van der Waals surface area (Å²) in [5.41, 5.74) is 6.67. The molecule has 104 valence electrons. The Morgan fingerprint density at radius 3 is 2.33 bits per heavy atom. The van der Waals surface area contributed by atoms with Crippen LogP contribution in [0, 0.1) is 0 Å². The summed E-state index contributed by atoms with van der Waals surface area (Å²) in [5.74, 6) is 0.561. The molecule has 3 heterocycles. The Kier molecular flexibility index (Phi) is 2.39. The molecule has 2 N–H and O–H groups in total. The monoisotopic (exact) mass is 277 g/mol. The average molecular weight is 277 g/mol. The molecule has 4 rings (SSSR count). The summed E-state index contributed by atoms with van der Waals surface area (Å²) in [6.45, 7) is 2.12. The molecule has 0 unspecified atom stereocenters. The zero-order valence-electron chi connectivity index (χ0n) is 11.7. The number of nitrogens with zero attached hydrogens (tertiary/aromatic N) is 1. The highest BCUT2D eigenvalue weighted by Gasteiger charge is 2.18. The number of pyridine rings is 1. The molecule has 3 nitrogen and oxygen atoms in total. The van der Waals surface area contributed by atoms with E-state index in [4.69, 9.17) is 0 Å². The second-order valence-corrected chi connectivity index (χ2v) is 5.33. The number of rotatable bonds is 2. The molecule has 0 fully saturated rings. The van der Waals surface area contributed by atoms with Crippen molar-refractivity contribution in [3.8, 4) is 22.6 Å². The van der Waals surface area contributed by atoms with Crippen LogP contribution in [0.3, 0.4) is 0 Å². The molecule has 0 radical (unpaired) electrons. The Morgan fingerprint density at radius 2 is 1.62 bits per heavy atom. The molecule has 0 spiro atoms. The maximum Gasteiger partial charge on any atom is 0.119 e. The van der Waals surface area contributed by atoms with Crippen molar-refractivity contribution < 1.29 is 10.2 Å². The van der Waals surface area contributed by atoms with Crippen molar-refractivity contribution in [2.45, 2.75) is 13.3 Å². The van der Waals surface area contributed by atoms with Gasteiger partial charge in [0.15, 0.2) is 0 Å². The summed E-state index contributed by atoms with van der Waals surface area (Å²) in [6, 6.07) is 15.0. The quantitative estimate of drug-likeness (QED) is 0.577. The van der Waals surface area contributed by atoms with Crippen LogP contribution >= 0.6 is 0 Å². The van der Waals surface area contributed by atoms with Crippen molar-refractivity contribution in [1.29, 1.82) is 0 Å². The van der Waals surface area contributed by atoms with Crippen LogP contribution in [0.25, 0.3) is 27.7 Å². The topological polar surface area (TPSA) is 44.9 Å². The fourth-order valence-electron chi connectivity index (χ4n) is 3.24. The van der Waals surface area contributed by atoms with E-state index in [0.29, 0.717) is 5.75 Å². The Balaban J connectivity index is 2.14. The molecule has 0 saturated heterocycles. The van der Waals surface area contributed by atoms with Gasteiger partial charge in [-0.25, -0.2) is 0 Å². The van der Waals surface area contributed by atoms with Gasteiger partial charge in [-0.1, -0.05) is 19.1 Å². The molecule has 1 aromatic carbocycles. The van der Waals surface area contributed by atoms with Gasteiger partial charge in [0.05, 0.1) is 11.0 Å². The number of phenols is 1. The number of hydrogen-bond acceptors (Lipinski definition) is 2. The molecular formula is C18H15NO2. The van der Waals surface area contributed by atoms with E-state index < -0.39 is 0 Å². The minimum absolute atomic E-state index is 0.269. The molecule has 0 amide bonds. The summed E-state index contributed by atoms with van der Waals surface area (Å²) in [5, 5.41) is 19.4. The molecule has 0 aliphatic heterocycles. The molecule has 4 aromatic rings. The standard InChI is InChI=1S/C18H15NO2/c1-2-15-17-10-14(21)9-12-5-8-16(19(12)17)18(15)11-3-6-13(20)7-4-11/h3-10,20-21H,2H2,1H3. The maximum absolute atomic E-state index is 9.92. The minimum atomic E-state index is 0.269. The van der Waals surface area contributed by atoms with Crippen molar-refractivity contribution in [1.82, 2.24) is 4.40 Å². The number of phenolic OH excluding ortho intramolecular Hbond substituents is 1. The second-order valence-electron chi connectivity index (χ2n) is 5.33. The van der Waals surface area contributed by atoms with Crippen LogP contribution in [0.15, 0.2) is 48.5 Å². The third-order valence-corrected chi connectivity index (χ3v) is 4.11. The first kappa shape index (κ1) is 12.1. The van der Waals surface area contributed by atoms with E-state index in [9.17, 15) is 10.2 Å². The highest BCUT2D eigenvalue weighted by atomic mass is 16.3. The summed E-state index contributed by atoms with van der Waals surface area (Å²) in [6.07, 6.45) is 0.885. The van der Waals surface area contributed by atoms with E-state index in [1.807, 2.05) is 24.3 Å². The van der Waals surface area contributed by atoms with Crippen molar-refractivity contribution in [2.24, 2.45) is 0 Å². The maximum atomic E-state index is 9.92. The van der Waals surface area contributed by atoms with Crippen molar-refractivity contribution >= 4 is 16.6 Å². The van der Waals surface area contributed by atoms with Crippen LogP contribution in [0.4, 0.5) is 0 Å². The molecule has 0 aliphatic carbocycles. The van der Waals surface area contributed by atoms with Crippen LogP contribution in [-0.4, -0.2) is 14.6 Å². The average Bonchev–Trinajstić information content (AvgIpc) is 3.01. The molecule has 0 atom stereocenters. The van der Waals surface area contributed by atoms with Gasteiger partial charge in [-0.15, -0.1) is 0 Å². The third kappa shape index (κ3) is 1.61. The van der Waals surface area contributed by atoms with Crippen LogP contribution < -0.4 is 0 Å². The van der Waals surface area contributed by atoms with Gasteiger partial charge in [0.25, 0.3) is 0 Å². The molecule has 3 heteroatoms. The Morgan fingerprint density at radius 1 is 0.857 bits per heavy atom. The molecule has 3 aromatic heterocycles. The molecule has 0 aliphatic rings. The van der Waals surface area contributed by atoms with Gasteiger partial charge in [-0.2, -0.15) is 0 Å². The van der Waals surface area contributed by atoms with Gasteiger partial charge >= 0.3 is 0 Å². The van der Waals surface area contributed by atoms with Crippen molar-refractivity contribution in [3.05, 3.63) is 54.1 Å². The number of aromatic nitrogens is 1. The summed E-state index contributed by atoms with van der Waals surface area (Å²) in [7, 11) is 0. The zero-order valence-corrected chi connectivity index (χ0v) is 11.7. The summed E-state index contributed by atoms with van der Waals surface area (Å²) in [4.78, 5) is 0. The van der Waals surface area contributed by atoms with Crippen LogP contribution in [-0.2, 0) is 6.42 Å². The number of aryl methyl sites for hydroxylation is 1. The lowest BCUT2D eigenvalue weighted by Crippen LogP contribution is -1.85. The lowest BCUT2D eigenvalue weighted by molar-refractivity contribution is 0.475. The number of aromatic hydroxyl groups is 2. The normalized spacial score (nSPS) is 11.7. The van der Waals surface area contributed by atoms with E-state index in [2.05, 4.69) is 17.4 Å². The lowest BCUT2D eigenvalue weighted by Gasteiger charge is -2.04. The number of benzene rings is 1. The van der Waals surface area contributed by atoms with E-state index in [1.54, 1.807) is 18.2 Å². The largest absolute Gasteiger partial charge is 0.508 e. The highest BCUT2D eigenvalue weighted by molar-refractivity contribution is 5.95. The zero-order chi connectivity index (χ0) is 14.6. The van der Waals surface area contributed by atoms with Gasteiger partial charge in [0.1, 0.15) is 11.5 Å². The predicted octanol–water partition coefficient (Wildman–Crippen LogP) is 4.17.